The standard InChI is InChI=1S/C17H32N2O3/c1-13-11-21-12-14(2)19(13)10-15-6-8-18(9-7-15)16(20)22-17(3,4)5/h13-15H,6-12H2,1-5H3/t13-,14-/m1/s1. The van der Waals surface area contributed by atoms with Gasteiger partial charge in [-0.2, -0.15) is 0 Å². The first-order valence-corrected chi connectivity index (χ1v) is 8.57. The summed E-state index contributed by atoms with van der Waals surface area (Å²) >= 11 is 0. The van der Waals surface area contributed by atoms with Crippen molar-refractivity contribution in [1.82, 2.24) is 9.80 Å². The Morgan fingerprint density at radius 2 is 1.68 bits per heavy atom. The highest BCUT2D eigenvalue weighted by molar-refractivity contribution is 5.68. The molecule has 2 rings (SSSR count). The first kappa shape index (κ1) is 17.5. The molecule has 2 atom stereocenters. The van der Waals surface area contributed by atoms with E-state index in [1.807, 2.05) is 25.7 Å². The van der Waals surface area contributed by atoms with Crippen molar-refractivity contribution in [3.05, 3.63) is 0 Å². The van der Waals surface area contributed by atoms with Crippen molar-refractivity contribution in [2.75, 3.05) is 32.8 Å². The highest BCUT2D eigenvalue weighted by Gasteiger charge is 2.31. The normalized spacial score (nSPS) is 28.7. The molecule has 2 saturated heterocycles. The number of amides is 1. The Bertz CT molecular complexity index is 363. The van der Waals surface area contributed by atoms with E-state index in [1.54, 1.807) is 0 Å². The first-order chi connectivity index (χ1) is 10.3. The van der Waals surface area contributed by atoms with Crippen molar-refractivity contribution >= 4 is 6.09 Å². The van der Waals surface area contributed by atoms with Gasteiger partial charge in [-0.25, -0.2) is 4.79 Å². The molecule has 0 unspecified atom stereocenters. The molecule has 1 amide bonds. The Morgan fingerprint density at radius 1 is 1.14 bits per heavy atom. The maximum absolute atomic E-state index is 12.1. The molecule has 0 aliphatic carbocycles. The molecule has 128 valence electrons. The van der Waals surface area contributed by atoms with E-state index >= 15 is 0 Å². The fourth-order valence-electron chi connectivity index (χ4n) is 3.32. The van der Waals surface area contributed by atoms with E-state index in [0.717, 1.165) is 45.7 Å². The van der Waals surface area contributed by atoms with Crippen LogP contribution in [0.1, 0.15) is 47.5 Å². The van der Waals surface area contributed by atoms with Gasteiger partial charge in [-0.05, 0) is 53.4 Å². The smallest absolute Gasteiger partial charge is 0.410 e. The van der Waals surface area contributed by atoms with Gasteiger partial charge in [0.1, 0.15) is 5.60 Å². The van der Waals surface area contributed by atoms with Crippen LogP contribution in [0.15, 0.2) is 0 Å². The van der Waals surface area contributed by atoms with Crippen LogP contribution in [0.2, 0.25) is 0 Å². The van der Waals surface area contributed by atoms with Gasteiger partial charge < -0.3 is 14.4 Å². The zero-order valence-electron chi connectivity index (χ0n) is 14.8. The molecule has 0 radical (unpaired) electrons. The average molecular weight is 312 g/mol. The molecule has 0 bridgehead atoms. The molecular formula is C17H32N2O3. The van der Waals surface area contributed by atoms with E-state index in [2.05, 4.69) is 18.7 Å². The summed E-state index contributed by atoms with van der Waals surface area (Å²) in [6, 6.07) is 0.986. The van der Waals surface area contributed by atoms with E-state index in [0.29, 0.717) is 18.0 Å². The fourth-order valence-corrected chi connectivity index (χ4v) is 3.32. The zero-order valence-corrected chi connectivity index (χ0v) is 14.8. The molecule has 2 heterocycles. The van der Waals surface area contributed by atoms with E-state index < -0.39 is 5.60 Å². The highest BCUT2D eigenvalue weighted by Crippen LogP contribution is 2.23. The van der Waals surface area contributed by atoms with E-state index in [1.165, 1.54) is 0 Å². The second-order valence-corrected chi connectivity index (χ2v) is 7.84. The lowest BCUT2D eigenvalue weighted by molar-refractivity contribution is -0.0473. The summed E-state index contributed by atoms with van der Waals surface area (Å²) in [5.74, 6) is 0.668. The van der Waals surface area contributed by atoms with Crippen molar-refractivity contribution in [2.45, 2.75) is 65.1 Å². The number of hydrogen-bond acceptors (Lipinski definition) is 4. The molecule has 2 aliphatic heterocycles. The third-order valence-electron chi connectivity index (χ3n) is 4.59. The third kappa shape index (κ3) is 4.85. The Balaban J connectivity index is 1.78. The van der Waals surface area contributed by atoms with Gasteiger partial charge in [0.15, 0.2) is 0 Å². The number of carbonyl (C=O) groups excluding carboxylic acids is 1. The summed E-state index contributed by atoms with van der Waals surface area (Å²) < 4.78 is 11.1. The molecule has 2 aliphatic rings. The number of carbonyl (C=O) groups is 1. The molecule has 0 aromatic heterocycles. The van der Waals surface area contributed by atoms with Crippen LogP contribution in [0.4, 0.5) is 4.79 Å². The third-order valence-corrected chi connectivity index (χ3v) is 4.59. The van der Waals surface area contributed by atoms with Crippen molar-refractivity contribution in [3.8, 4) is 0 Å². The second-order valence-electron chi connectivity index (χ2n) is 7.84. The number of nitrogens with zero attached hydrogens (tertiary/aromatic N) is 2. The van der Waals surface area contributed by atoms with Gasteiger partial charge in [0.25, 0.3) is 0 Å². The van der Waals surface area contributed by atoms with Crippen molar-refractivity contribution < 1.29 is 14.3 Å². The quantitative estimate of drug-likeness (QED) is 0.786. The summed E-state index contributed by atoms with van der Waals surface area (Å²) in [6.07, 6.45) is 1.96. The van der Waals surface area contributed by atoms with Crippen LogP contribution in [0.5, 0.6) is 0 Å². The molecule has 2 fully saturated rings. The van der Waals surface area contributed by atoms with Gasteiger partial charge in [-0.1, -0.05) is 0 Å². The summed E-state index contributed by atoms with van der Waals surface area (Å²) in [5.41, 5.74) is -0.410. The van der Waals surface area contributed by atoms with E-state index in [9.17, 15) is 4.79 Å². The van der Waals surface area contributed by atoms with E-state index in [-0.39, 0.29) is 6.09 Å². The van der Waals surface area contributed by atoms with E-state index in [4.69, 9.17) is 9.47 Å². The number of morpholine rings is 1. The minimum atomic E-state index is -0.410. The predicted octanol–water partition coefficient (Wildman–Crippen LogP) is 2.74. The van der Waals surface area contributed by atoms with Crippen molar-refractivity contribution in [3.63, 3.8) is 0 Å². The molecule has 0 aromatic rings. The maximum Gasteiger partial charge on any atom is 0.410 e. The van der Waals surface area contributed by atoms with Crippen LogP contribution in [0, 0.1) is 5.92 Å². The lowest BCUT2D eigenvalue weighted by Gasteiger charge is -2.42. The Hall–Kier alpha value is -0.810. The summed E-state index contributed by atoms with van der Waals surface area (Å²) in [6.45, 7) is 14.6. The molecule has 0 saturated carbocycles. The van der Waals surface area contributed by atoms with Crippen LogP contribution in [-0.2, 0) is 9.47 Å². The summed E-state index contributed by atoms with van der Waals surface area (Å²) in [4.78, 5) is 16.5. The zero-order chi connectivity index (χ0) is 16.3. The minimum Gasteiger partial charge on any atom is -0.444 e. The van der Waals surface area contributed by atoms with Crippen molar-refractivity contribution in [1.29, 1.82) is 0 Å². The van der Waals surface area contributed by atoms with Crippen LogP contribution < -0.4 is 0 Å². The number of likely N-dealkylation sites (tertiary alicyclic amines) is 1. The van der Waals surface area contributed by atoms with Crippen LogP contribution in [0.3, 0.4) is 0 Å². The van der Waals surface area contributed by atoms with Gasteiger partial charge in [-0.15, -0.1) is 0 Å². The average Bonchev–Trinajstić information content (AvgIpc) is 2.42. The molecule has 0 spiro atoms. The number of piperidine rings is 1. The van der Waals surface area contributed by atoms with Gasteiger partial charge in [0.2, 0.25) is 0 Å². The van der Waals surface area contributed by atoms with Crippen molar-refractivity contribution in [2.24, 2.45) is 5.92 Å². The number of ether oxygens (including phenoxy) is 2. The second kappa shape index (κ2) is 7.18. The van der Waals surface area contributed by atoms with Crippen LogP contribution >= 0.6 is 0 Å². The van der Waals surface area contributed by atoms with Crippen LogP contribution in [0.25, 0.3) is 0 Å². The fraction of sp³-hybridized carbons (Fsp3) is 0.941. The predicted molar refractivity (Wildman–Crippen MR) is 87.0 cm³/mol. The van der Waals surface area contributed by atoms with Gasteiger partial charge >= 0.3 is 6.09 Å². The molecule has 22 heavy (non-hydrogen) atoms. The SMILES string of the molecule is C[C@@H]1COC[C@@H](C)N1CC1CCN(C(=O)OC(C)(C)C)CC1. The first-order valence-electron chi connectivity index (χ1n) is 8.57. The molecule has 5 heteroatoms. The van der Waals surface area contributed by atoms with Gasteiger partial charge in [0, 0.05) is 31.7 Å². The molecular weight excluding hydrogens is 280 g/mol. The maximum atomic E-state index is 12.1. The van der Waals surface area contributed by atoms with Crippen LogP contribution in [-0.4, -0.2) is 66.4 Å². The largest absolute Gasteiger partial charge is 0.444 e. The molecule has 0 N–H and O–H groups in total. The summed E-state index contributed by atoms with van der Waals surface area (Å²) in [7, 11) is 0. The summed E-state index contributed by atoms with van der Waals surface area (Å²) in [5, 5.41) is 0. The molecule has 5 nitrogen and oxygen atoms in total. The minimum absolute atomic E-state index is 0.168. The number of rotatable bonds is 2. The Morgan fingerprint density at radius 3 is 2.18 bits per heavy atom. The Kier molecular flexibility index (Phi) is 5.72. The monoisotopic (exact) mass is 312 g/mol. The lowest BCUT2D eigenvalue weighted by Crippen LogP contribution is -2.52. The Labute approximate surface area is 134 Å². The lowest BCUT2D eigenvalue weighted by atomic mass is 9.95. The van der Waals surface area contributed by atoms with Gasteiger partial charge in [0.05, 0.1) is 13.2 Å². The highest BCUT2D eigenvalue weighted by atomic mass is 16.6. The topological polar surface area (TPSA) is 42.0 Å². The van der Waals surface area contributed by atoms with Gasteiger partial charge in [-0.3, -0.25) is 4.90 Å². The molecule has 0 aromatic carbocycles. The number of hydrogen-bond donors (Lipinski definition) is 0.